The Balaban J connectivity index is 0.00000162. The van der Waals surface area contributed by atoms with E-state index in [2.05, 4.69) is 0 Å². The van der Waals surface area contributed by atoms with Gasteiger partial charge in [0.2, 0.25) is 0 Å². The number of halogens is 3. The smallest absolute Gasteiger partial charge is 0.320 e. The third-order valence-corrected chi connectivity index (χ3v) is 6.91. The van der Waals surface area contributed by atoms with Crippen LogP contribution >= 0.6 is 0 Å². The molecule has 1 aromatic heterocycles. The molecule has 0 unspecified atom stereocenters. The predicted molar refractivity (Wildman–Crippen MR) is 169 cm³/mol. The van der Waals surface area contributed by atoms with Gasteiger partial charge in [0.25, 0.3) is 0 Å². The monoisotopic (exact) mass is 618 g/mol. The van der Waals surface area contributed by atoms with Crippen LogP contribution in [0.25, 0.3) is 11.4 Å². The molecule has 0 aliphatic carbocycles. The molecule has 0 radical (unpaired) electrons. The molecule has 3 aromatic rings. The molecule has 1 aliphatic rings. The highest BCUT2D eigenvalue weighted by Gasteiger charge is 2.41. The Kier molecular flexibility index (Phi) is 14.3. The Labute approximate surface area is 260 Å². The molecule has 2 N–H and O–H groups in total. The molecule has 0 bridgehead atoms. The summed E-state index contributed by atoms with van der Waals surface area (Å²) < 4.78 is 45.5. The largest absolute Gasteiger partial charge is 0.372 e. The third-order valence-electron chi connectivity index (χ3n) is 6.91. The number of hydrogen-bond acceptors (Lipinski definition) is 5. The van der Waals surface area contributed by atoms with E-state index in [9.17, 15) is 18.0 Å². The first-order chi connectivity index (χ1) is 21.0. The van der Waals surface area contributed by atoms with E-state index in [-0.39, 0.29) is 29.6 Å². The maximum absolute atomic E-state index is 14.2. The van der Waals surface area contributed by atoms with Gasteiger partial charge < -0.3 is 20.3 Å². The Morgan fingerprint density at radius 3 is 2.14 bits per heavy atom. The zero-order valence-electron chi connectivity index (χ0n) is 27.4. The summed E-state index contributed by atoms with van der Waals surface area (Å²) in [6, 6.07) is 12.4. The molecule has 0 saturated carbocycles. The fourth-order valence-electron chi connectivity index (χ4n) is 5.34. The van der Waals surface area contributed by atoms with Gasteiger partial charge in [0.1, 0.15) is 11.6 Å². The normalized spacial score (nSPS) is 17.1. The van der Waals surface area contributed by atoms with E-state index in [0.29, 0.717) is 52.1 Å². The molecule has 1 aliphatic heterocycles. The summed E-state index contributed by atoms with van der Waals surface area (Å²) in [5.74, 6) is -0.688. The van der Waals surface area contributed by atoms with Crippen molar-refractivity contribution in [2.75, 3.05) is 33.4 Å². The van der Waals surface area contributed by atoms with Gasteiger partial charge in [-0.2, -0.15) is 5.10 Å². The SMILES string of the molecule is CC.CF.C[C@@H]1CN(C(=O)N(CCCN)[C@@H](c2nc(-c3cc(F)cc(F)c3)nn2Cc2ccccc2)C(C)(C)C)C[C@H](C)O1. The summed E-state index contributed by atoms with van der Waals surface area (Å²) >= 11 is 0. The summed E-state index contributed by atoms with van der Waals surface area (Å²) in [5.41, 5.74) is 6.65. The molecule has 44 heavy (non-hydrogen) atoms. The summed E-state index contributed by atoms with van der Waals surface area (Å²) in [7, 11) is 0.500. The number of urea groups is 1. The molecule has 244 valence electrons. The van der Waals surface area contributed by atoms with Crippen LogP contribution < -0.4 is 5.73 Å². The molecule has 8 nitrogen and oxygen atoms in total. The van der Waals surface area contributed by atoms with Crippen molar-refractivity contribution in [3.05, 3.63) is 71.6 Å². The van der Waals surface area contributed by atoms with Gasteiger partial charge in [-0.15, -0.1) is 0 Å². The zero-order chi connectivity index (χ0) is 33.0. The fourth-order valence-corrected chi connectivity index (χ4v) is 5.34. The van der Waals surface area contributed by atoms with Gasteiger partial charge in [0.15, 0.2) is 11.6 Å². The van der Waals surface area contributed by atoms with E-state index in [0.717, 1.165) is 11.6 Å². The van der Waals surface area contributed by atoms with E-state index in [4.69, 9.17) is 20.6 Å². The second-order valence-corrected chi connectivity index (χ2v) is 11.6. The van der Waals surface area contributed by atoms with Crippen molar-refractivity contribution in [2.45, 2.75) is 79.7 Å². The van der Waals surface area contributed by atoms with Crippen LogP contribution in [-0.2, 0) is 11.3 Å². The van der Waals surface area contributed by atoms with Crippen molar-refractivity contribution in [1.29, 1.82) is 0 Å². The standard InChI is InChI=1S/C30H40F2N6O2.C2H6.CH3F/c1-20-17-36(18-21(2)40-20)29(39)37(13-9-12-33)26(30(3,4)5)28-34-27(23-14-24(31)16-25(32)15-23)35-38(28)19-22-10-7-6-8-11-22;2*1-2/h6-8,10-11,14-16,20-21,26H,9,12-13,17-19,33H2,1-5H3;1-2H3;1H3/t20-,21+,26-;;/m0../s1. The maximum Gasteiger partial charge on any atom is 0.320 e. The van der Waals surface area contributed by atoms with Crippen LogP contribution in [0.1, 0.15) is 72.3 Å². The Bertz CT molecular complexity index is 1270. The van der Waals surface area contributed by atoms with E-state index in [1.807, 2.05) is 88.6 Å². The lowest BCUT2D eigenvalue weighted by molar-refractivity contribution is -0.0612. The number of amides is 2. The number of nitrogens with zero attached hydrogens (tertiary/aromatic N) is 5. The summed E-state index contributed by atoms with van der Waals surface area (Å²) in [5, 5.41) is 4.73. The number of ether oxygens (including phenoxy) is 1. The molecule has 2 aromatic carbocycles. The first-order valence-electron chi connectivity index (χ1n) is 15.2. The predicted octanol–water partition coefficient (Wildman–Crippen LogP) is 6.85. The van der Waals surface area contributed by atoms with Gasteiger partial charge in [-0.1, -0.05) is 65.0 Å². The molecular formula is C33H49F3N6O2. The topological polar surface area (TPSA) is 89.5 Å². The minimum absolute atomic E-state index is 0.0895. The summed E-state index contributed by atoms with van der Waals surface area (Å²) in [4.78, 5) is 22.7. The minimum atomic E-state index is -0.710. The highest BCUT2D eigenvalue weighted by Crippen LogP contribution is 2.39. The summed E-state index contributed by atoms with van der Waals surface area (Å²) in [6.45, 7) is 16.2. The Hall–Kier alpha value is -3.44. The van der Waals surface area contributed by atoms with Crippen molar-refractivity contribution in [1.82, 2.24) is 24.6 Å². The molecule has 3 atom stereocenters. The zero-order valence-corrected chi connectivity index (χ0v) is 27.4. The van der Waals surface area contributed by atoms with Crippen molar-refractivity contribution in [3.8, 4) is 11.4 Å². The van der Waals surface area contributed by atoms with Crippen LogP contribution in [-0.4, -0.2) is 76.2 Å². The average molecular weight is 619 g/mol. The van der Waals surface area contributed by atoms with E-state index in [1.165, 1.54) is 12.1 Å². The van der Waals surface area contributed by atoms with Gasteiger partial charge in [-0.05, 0) is 49.9 Å². The molecule has 2 amide bonds. The van der Waals surface area contributed by atoms with Crippen molar-refractivity contribution in [2.24, 2.45) is 11.1 Å². The number of hydrogen-bond donors (Lipinski definition) is 1. The Morgan fingerprint density at radius 2 is 1.61 bits per heavy atom. The third kappa shape index (κ3) is 9.79. The minimum Gasteiger partial charge on any atom is -0.372 e. The quantitative estimate of drug-likeness (QED) is 0.298. The molecule has 11 heteroatoms. The lowest BCUT2D eigenvalue weighted by Crippen LogP contribution is -2.55. The van der Waals surface area contributed by atoms with Gasteiger partial charge in [0, 0.05) is 31.3 Å². The number of carbonyl (C=O) groups excluding carboxylic acids is 1. The maximum atomic E-state index is 14.2. The van der Waals surface area contributed by atoms with Gasteiger partial charge in [-0.3, -0.25) is 4.39 Å². The lowest BCUT2D eigenvalue weighted by atomic mass is 9.84. The van der Waals surface area contributed by atoms with E-state index >= 15 is 0 Å². The second kappa shape index (κ2) is 17.2. The van der Waals surface area contributed by atoms with Gasteiger partial charge in [0.05, 0.1) is 32.0 Å². The number of nitrogens with two attached hydrogens (primary N) is 1. The van der Waals surface area contributed by atoms with Crippen molar-refractivity contribution < 1.29 is 22.7 Å². The van der Waals surface area contributed by atoms with Crippen LogP contribution in [0.4, 0.5) is 18.0 Å². The lowest BCUT2D eigenvalue weighted by Gasteiger charge is -2.44. The highest BCUT2D eigenvalue weighted by molar-refractivity contribution is 5.75. The fraction of sp³-hybridized carbons (Fsp3) is 0.545. The van der Waals surface area contributed by atoms with Crippen LogP contribution in [0.3, 0.4) is 0 Å². The van der Waals surface area contributed by atoms with Crippen molar-refractivity contribution in [3.63, 3.8) is 0 Å². The highest BCUT2D eigenvalue weighted by atomic mass is 19.1. The molecular weight excluding hydrogens is 569 g/mol. The number of rotatable bonds is 8. The molecule has 1 saturated heterocycles. The summed E-state index contributed by atoms with van der Waals surface area (Å²) in [6.07, 6.45) is 0.421. The van der Waals surface area contributed by atoms with Crippen LogP contribution in [0.2, 0.25) is 0 Å². The number of alkyl halides is 1. The van der Waals surface area contributed by atoms with Gasteiger partial charge in [-0.25, -0.2) is 23.2 Å². The van der Waals surface area contributed by atoms with Crippen molar-refractivity contribution >= 4 is 6.03 Å². The number of aromatic nitrogens is 3. The van der Waals surface area contributed by atoms with E-state index in [1.54, 1.807) is 4.68 Å². The van der Waals surface area contributed by atoms with Crippen LogP contribution in [0.15, 0.2) is 48.5 Å². The average Bonchev–Trinajstić information content (AvgIpc) is 3.38. The number of benzene rings is 2. The molecule has 0 spiro atoms. The first kappa shape index (κ1) is 36.8. The first-order valence-corrected chi connectivity index (χ1v) is 15.2. The number of morpholine rings is 1. The van der Waals surface area contributed by atoms with Crippen LogP contribution in [0.5, 0.6) is 0 Å². The Morgan fingerprint density at radius 1 is 1.05 bits per heavy atom. The second-order valence-electron chi connectivity index (χ2n) is 11.6. The molecule has 2 heterocycles. The van der Waals surface area contributed by atoms with E-state index < -0.39 is 23.1 Å². The van der Waals surface area contributed by atoms with Crippen LogP contribution in [0, 0.1) is 17.0 Å². The molecule has 4 rings (SSSR count). The van der Waals surface area contributed by atoms with Gasteiger partial charge >= 0.3 is 6.03 Å². The number of carbonyl (C=O) groups is 1. The molecule has 1 fully saturated rings.